The molecule has 0 N–H and O–H groups in total. The van der Waals surface area contributed by atoms with Gasteiger partial charge in [0.05, 0.1) is 0 Å². The van der Waals surface area contributed by atoms with E-state index in [9.17, 15) is 0 Å². The monoisotopic (exact) mass is 765 g/mol. The molecule has 6 aromatic carbocycles. The van der Waals surface area contributed by atoms with Crippen LogP contribution in [0.3, 0.4) is 0 Å². The van der Waals surface area contributed by atoms with Crippen molar-refractivity contribution in [3.63, 3.8) is 0 Å². The molecule has 2 nitrogen and oxygen atoms in total. The number of aryl methyl sites for hydroxylation is 1. The van der Waals surface area contributed by atoms with E-state index in [1.54, 1.807) is 0 Å². The molecule has 0 aromatic heterocycles. The largest absolute Gasteiger partial charge is 0.457 e. The molecular formula is C55H72O2. The SMILES string of the molecule is CC.CCC.CCCCCCCC(CCCCC)(c1ccc(Oc2ccc(C)c3ccccc23)cc1)c1ccc(Oc2ccc(C(C)(C)C)c3ccccc23)cc1. The zero-order valence-electron chi connectivity index (χ0n) is 37.1. The van der Waals surface area contributed by atoms with E-state index in [1.807, 2.05) is 13.8 Å². The molecule has 0 bridgehead atoms. The van der Waals surface area contributed by atoms with Gasteiger partial charge >= 0.3 is 0 Å². The molecule has 0 aliphatic carbocycles. The second-order valence-electron chi connectivity index (χ2n) is 16.5. The van der Waals surface area contributed by atoms with Crippen molar-refractivity contribution in [2.24, 2.45) is 0 Å². The van der Waals surface area contributed by atoms with Gasteiger partial charge in [-0.25, -0.2) is 0 Å². The molecule has 0 amide bonds. The Morgan fingerprint density at radius 3 is 1.33 bits per heavy atom. The summed E-state index contributed by atoms with van der Waals surface area (Å²) in [5, 5.41) is 4.79. The molecule has 1 unspecified atom stereocenters. The standard InChI is InChI=1S/C50H58O2.C3H8.C2H6/c1-7-9-11-12-18-36-50(35-17-10-8-2,38-24-28-40(29-25-38)51-47-33-23-37(3)42-19-13-15-21-44(42)47)39-26-30-41(31-27-39)52-48-34-32-46(49(4,5)6)43-20-14-16-22-45(43)48;1-3-2;1-2/h13-16,19-34H,7-12,17-18,35-36H2,1-6H3;3H2,1-2H3;1-2H3. The van der Waals surface area contributed by atoms with Gasteiger partial charge in [-0.2, -0.15) is 0 Å². The second kappa shape index (κ2) is 22.4. The molecule has 0 saturated carbocycles. The Bertz CT molecular complexity index is 2070. The predicted molar refractivity (Wildman–Crippen MR) is 250 cm³/mol. The van der Waals surface area contributed by atoms with Crippen molar-refractivity contribution in [1.82, 2.24) is 0 Å². The van der Waals surface area contributed by atoms with Crippen molar-refractivity contribution < 1.29 is 9.47 Å². The first-order valence-electron chi connectivity index (χ1n) is 22.2. The fraction of sp³-hybridized carbons (Fsp3) is 0.418. The zero-order chi connectivity index (χ0) is 41.3. The van der Waals surface area contributed by atoms with Crippen molar-refractivity contribution in [1.29, 1.82) is 0 Å². The minimum absolute atomic E-state index is 0.0524. The molecule has 6 rings (SSSR count). The average molecular weight is 765 g/mol. The lowest BCUT2D eigenvalue weighted by molar-refractivity contribution is 0.393. The zero-order valence-corrected chi connectivity index (χ0v) is 37.1. The molecule has 2 heteroatoms. The van der Waals surface area contributed by atoms with Gasteiger partial charge in [-0.1, -0.05) is 205 Å². The van der Waals surface area contributed by atoms with Crippen molar-refractivity contribution >= 4 is 21.5 Å². The minimum Gasteiger partial charge on any atom is -0.457 e. The molecule has 0 heterocycles. The summed E-state index contributed by atoms with van der Waals surface area (Å²) in [6, 6.07) is 43.8. The first kappa shape index (κ1) is 45.1. The Hall–Kier alpha value is -4.56. The summed E-state index contributed by atoms with van der Waals surface area (Å²) in [7, 11) is 0. The molecule has 0 radical (unpaired) electrons. The van der Waals surface area contributed by atoms with Crippen LogP contribution in [-0.4, -0.2) is 0 Å². The van der Waals surface area contributed by atoms with Gasteiger partial charge in [0, 0.05) is 16.2 Å². The first-order valence-corrected chi connectivity index (χ1v) is 22.2. The quantitative estimate of drug-likeness (QED) is 0.0914. The highest BCUT2D eigenvalue weighted by molar-refractivity contribution is 5.92. The summed E-state index contributed by atoms with van der Waals surface area (Å²) in [6.07, 6.45) is 13.5. The van der Waals surface area contributed by atoms with E-state index < -0.39 is 0 Å². The molecule has 1 atom stereocenters. The Balaban J connectivity index is 0.00000137. The number of ether oxygens (including phenoxy) is 2. The van der Waals surface area contributed by atoms with E-state index in [2.05, 4.69) is 177 Å². The van der Waals surface area contributed by atoms with E-state index in [4.69, 9.17) is 9.47 Å². The molecule has 0 saturated heterocycles. The van der Waals surface area contributed by atoms with Gasteiger partial charge < -0.3 is 9.47 Å². The lowest BCUT2D eigenvalue weighted by atomic mass is 9.68. The molecule has 0 fully saturated rings. The van der Waals surface area contributed by atoms with Gasteiger partial charge in [-0.15, -0.1) is 0 Å². The van der Waals surface area contributed by atoms with Crippen LogP contribution in [0.1, 0.15) is 155 Å². The highest BCUT2D eigenvalue weighted by Crippen LogP contribution is 2.44. The van der Waals surface area contributed by atoms with E-state index in [0.29, 0.717) is 0 Å². The Morgan fingerprint density at radius 1 is 0.439 bits per heavy atom. The van der Waals surface area contributed by atoms with Crippen LogP contribution in [0.4, 0.5) is 0 Å². The van der Waals surface area contributed by atoms with Gasteiger partial charge in [-0.05, 0) is 94.6 Å². The van der Waals surface area contributed by atoms with Crippen LogP contribution in [0, 0.1) is 6.92 Å². The van der Waals surface area contributed by atoms with E-state index >= 15 is 0 Å². The van der Waals surface area contributed by atoms with Crippen molar-refractivity contribution in [3.8, 4) is 23.0 Å². The summed E-state index contributed by atoms with van der Waals surface area (Å²) in [6.45, 7) is 21.8. The van der Waals surface area contributed by atoms with Crippen LogP contribution in [0.2, 0.25) is 0 Å². The smallest absolute Gasteiger partial charge is 0.135 e. The van der Waals surface area contributed by atoms with Crippen LogP contribution in [0.5, 0.6) is 23.0 Å². The lowest BCUT2D eigenvalue weighted by Gasteiger charge is -2.36. The molecule has 0 spiro atoms. The topological polar surface area (TPSA) is 18.5 Å². The summed E-state index contributed by atoms with van der Waals surface area (Å²) in [5.74, 6) is 3.54. The number of fused-ring (bicyclic) bond motifs is 2. The third kappa shape index (κ3) is 11.8. The van der Waals surface area contributed by atoms with Crippen LogP contribution < -0.4 is 9.47 Å². The molecular weight excluding hydrogens is 693 g/mol. The number of hydrogen-bond acceptors (Lipinski definition) is 2. The van der Waals surface area contributed by atoms with E-state index in [0.717, 1.165) is 46.6 Å². The summed E-state index contributed by atoms with van der Waals surface area (Å²) in [4.78, 5) is 0. The summed E-state index contributed by atoms with van der Waals surface area (Å²) >= 11 is 0. The number of rotatable bonds is 16. The Kier molecular flexibility index (Phi) is 17.7. The third-order valence-corrected chi connectivity index (χ3v) is 11.0. The molecule has 0 aliphatic heterocycles. The Morgan fingerprint density at radius 2 is 0.842 bits per heavy atom. The van der Waals surface area contributed by atoms with Gasteiger partial charge in [0.1, 0.15) is 23.0 Å². The Labute approximate surface area is 347 Å². The number of benzene rings is 6. The second-order valence-corrected chi connectivity index (χ2v) is 16.5. The lowest BCUT2D eigenvalue weighted by Crippen LogP contribution is -2.28. The molecule has 57 heavy (non-hydrogen) atoms. The number of unbranched alkanes of at least 4 members (excludes halogenated alkanes) is 6. The van der Waals surface area contributed by atoms with Crippen LogP contribution in [0.15, 0.2) is 121 Å². The van der Waals surface area contributed by atoms with Gasteiger partial charge in [0.2, 0.25) is 0 Å². The van der Waals surface area contributed by atoms with Gasteiger partial charge in [0.15, 0.2) is 0 Å². The average Bonchev–Trinajstić information content (AvgIpc) is 3.23. The minimum atomic E-state index is -0.0872. The predicted octanol–water partition coefficient (Wildman–Crippen LogP) is 17.9. The maximum atomic E-state index is 6.65. The first-order chi connectivity index (χ1) is 27.6. The van der Waals surface area contributed by atoms with Gasteiger partial charge in [0.25, 0.3) is 0 Å². The molecule has 0 aliphatic rings. The fourth-order valence-electron chi connectivity index (χ4n) is 8.04. The van der Waals surface area contributed by atoms with Crippen LogP contribution in [-0.2, 0) is 10.8 Å². The maximum Gasteiger partial charge on any atom is 0.135 e. The molecule has 304 valence electrons. The van der Waals surface area contributed by atoms with E-state index in [1.165, 1.54) is 90.8 Å². The summed E-state index contributed by atoms with van der Waals surface area (Å²) in [5.41, 5.74) is 5.31. The van der Waals surface area contributed by atoms with Gasteiger partial charge in [-0.3, -0.25) is 0 Å². The normalized spacial score (nSPS) is 12.2. The number of hydrogen-bond donors (Lipinski definition) is 0. The molecule has 6 aromatic rings. The fourth-order valence-corrected chi connectivity index (χ4v) is 8.04. The van der Waals surface area contributed by atoms with Crippen molar-refractivity contribution in [2.75, 3.05) is 0 Å². The van der Waals surface area contributed by atoms with Crippen LogP contribution in [0.25, 0.3) is 21.5 Å². The third-order valence-electron chi connectivity index (χ3n) is 11.0. The maximum absolute atomic E-state index is 6.65. The highest BCUT2D eigenvalue weighted by atomic mass is 16.5. The highest BCUT2D eigenvalue weighted by Gasteiger charge is 2.33. The van der Waals surface area contributed by atoms with Crippen molar-refractivity contribution in [3.05, 3.63) is 144 Å². The van der Waals surface area contributed by atoms with E-state index in [-0.39, 0.29) is 10.8 Å². The van der Waals surface area contributed by atoms with Crippen molar-refractivity contribution in [2.45, 2.75) is 151 Å². The van der Waals surface area contributed by atoms with Crippen LogP contribution >= 0.6 is 0 Å². The summed E-state index contributed by atoms with van der Waals surface area (Å²) < 4.78 is 13.2.